The third-order valence-electron chi connectivity index (χ3n) is 5.28. The van der Waals surface area contributed by atoms with Gasteiger partial charge in [-0.05, 0) is 11.1 Å². The number of nitrogens with zero attached hydrogens (tertiary/aromatic N) is 3. The Labute approximate surface area is 172 Å². The molecule has 30 heavy (non-hydrogen) atoms. The van der Waals surface area contributed by atoms with E-state index in [9.17, 15) is 18.0 Å². The molecule has 1 aliphatic rings. The second-order valence-electron chi connectivity index (χ2n) is 7.40. The lowest BCUT2D eigenvalue weighted by Crippen LogP contribution is -2.36. The second-order valence-corrected chi connectivity index (χ2v) is 7.40. The van der Waals surface area contributed by atoms with E-state index in [4.69, 9.17) is 0 Å². The molecule has 1 N–H and O–H groups in total. The molecule has 1 amide bonds. The largest absolute Gasteiger partial charge is 0.410 e. The molecule has 5 nitrogen and oxygen atoms in total. The summed E-state index contributed by atoms with van der Waals surface area (Å²) in [5.74, 6) is -0.287. The van der Waals surface area contributed by atoms with Gasteiger partial charge in [0.1, 0.15) is 11.4 Å². The van der Waals surface area contributed by atoms with Crippen molar-refractivity contribution in [3.63, 3.8) is 0 Å². The highest BCUT2D eigenvalue weighted by molar-refractivity contribution is 5.98. The van der Waals surface area contributed by atoms with Gasteiger partial charge < -0.3 is 10.2 Å². The molecule has 2 atom stereocenters. The first-order chi connectivity index (χ1) is 14.3. The van der Waals surface area contributed by atoms with Gasteiger partial charge in [0.2, 0.25) is 0 Å². The van der Waals surface area contributed by atoms with Crippen molar-refractivity contribution in [2.24, 2.45) is 0 Å². The van der Waals surface area contributed by atoms with Crippen LogP contribution in [-0.4, -0.2) is 33.8 Å². The number of halogens is 3. The highest BCUT2D eigenvalue weighted by Crippen LogP contribution is 2.44. The zero-order valence-corrected chi connectivity index (χ0v) is 16.3. The van der Waals surface area contributed by atoms with Gasteiger partial charge in [-0.3, -0.25) is 4.79 Å². The van der Waals surface area contributed by atoms with Crippen LogP contribution in [0, 0.1) is 0 Å². The van der Waals surface area contributed by atoms with Gasteiger partial charge in [0.25, 0.3) is 5.91 Å². The molecule has 2 heterocycles. The smallest absolute Gasteiger partial charge is 0.363 e. The number of nitrogens with one attached hydrogen (secondary N) is 1. The first kappa shape index (κ1) is 20.0. The lowest BCUT2D eigenvalue weighted by molar-refractivity contribution is -0.173. The molecular weight excluding hydrogens is 393 g/mol. The summed E-state index contributed by atoms with van der Waals surface area (Å²) in [6.07, 6.45) is -3.46. The zero-order chi connectivity index (χ0) is 21.3. The number of carbonyl (C=O) groups excluding carboxylic acids is 1. The average molecular weight is 414 g/mol. The summed E-state index contributed by atoms with van der Waals surface area (Å²) in [6.45, 7) is 0.342. The van der Waals surface area contributed by atoms with Crippen molar-refractivity contribution in [3.05, 3.63) is 83.6 Å². The van der Waals surface area contributed by atoms with Crippen molar-refractivity contribution < 1.29 is 18.0 Å². The van der Waals surface area contributed by atoms with E-state index in [-0.39, 0.29) is 23.7 Å². The molecule has 0 unspecified atom stereocenters. The summed E-state index contributed by atoms with van der Waals surface area (Å²) in [5.41, 5.74) is 1.79. The highest BCUT2D eigenvalue weighted by atomic mass is 19.4. The Balaban J connectivity index is 1.66. The van der Waals surface area contributed by atoms with Crippen molar-refractivity contribution in [1.82, 2.24) is 14.7 Å². The monoisotopic (exact) mass is 414 g/mol. The maximum Gasteiger partial charge on any atom is 0.410 e. The topological polar surface area (TPSA) is 50.2 Å². The van der Waals surface area contributed by atoms with E-state index in [1.807, 2.05) is 36.4 Å². The summed E-state index contributed by atoms with van der Waals surface area (Å²) in [4.78, 5) is 14.5. The summed E-state index contributed by atoms with van der Waals surface area (Å²) < 4.78 is 42.2. The van der Waals surface area contributed by atoms with Gasteiger partial charge in [-0.25, -0.2) is 4.68 Å². The molecule has 0 spiro atoms. The fourth-order valence-corrected chi connectivity index (χ4v) is 3.76. The highest BCUT2D eigenvalue weighted by Gasteiger charge is 2.47. The van der Waals surface area contributed by atoms with E-state index in [1.54, 1.807) is 31.3 Å². The van der Waals surface area contributed by atoms with Crippen LogP contribution in [0.5, 0.6) is 0 Å². The molecule has 0 radical (unpaired) electrons. The average Bonchev–Trinajstić information content (AvgIpc) is 3.17. The minimum Gasteiger partial charge on any atom is -0.363 e. The number of hydrogen-bond acceptors (Lipinski definition) is 3. The predicted octanol–water partition coefficient (Wildman–Crippen LogP) is 4.82. The van der Waals surface area contributed by atoms with Crippen molar-refractivity contribution in [3.8, 4) is 0 Å². The molecule has 2 aromatic carbocycles. The maximum absolute atomic E-state index is 13.8. The SMILES string of the molecule is CN(Cc1ccccc1)C(=O)c1cnn2c1N[C@@H](c1ccccc1)C[C@@H]2C(F)(F)F. The van der Waals surface area contributed by atoms with Crippen molar-refractivity contribution in [2.45, 2.75) is 31.2 Å². The molecule has 3 aromatic rings. The van der Waals surface area contributed by atoms with Crippen LogP contribution in [0.15, 0.2) is 66.9 Å². The van der Waals surface area contributed by atoms with Gasteiger partial charge in [0.05, 0.1) is 12.2 Å². The number of aromatic nitrogens is 2. The fourth-order valence-electron chi connectivity index (χ4n) is 3.76. The number of anilines is 1. The van der Waals surface area contributed by atoms with E-state index in [0.29, 0.717) is 6.54 Å². The van der Waals surface area contributed by atoms with Crippen LogP contribution in [0.2, 0.25) is 0 Å². The summed E-state index contributed by atoms with van der Waals surface area (Å²) in [5, 5.41) is 7.05. The van der Waals surface area contributed by atoms with Gasteiger partial charge in [-0.2, -0.15) is 18.3 Å². The van der Waals surface area contributed by atoms with E-state index in [2.05, 4.69) is 10.4 Å². The van der Waals surface area contributed by atoms with Gasteiger partial charge in [0, 0.05) is 20.0 Å². The molecule has 0 bridgehead atoms. The van der Waals surface area contributed by atoms with E-state index in [1.165, 1.54) is 11.1 Å². The quantitative estimate of drug-likeness (QED) is 0.666. The van der Waals surface area contributed by atoms with Crippen molar-refractivity contribution >= 4 is 11.7 Å². The molecule has 1 aromatic heterocycles. The molecule has 1 aliphatic heterocycles. The standard InChI is InChI=1S/C22H21F3N4O/c1-28(14-15-8-4-2-5-9-15)21(30)17-13-26-29-19(22(23,24)25)12-18(27-20(17)29)16-10-6-3-7-11-16/h2-11,13,18-19,27H,12,14H2,1H3/t18-,19-/m1/s1. The Morgan fingerprint density at radius 1 is 1.13 bits per heavy atom. The minimum atomic E-state index is -4.48. The number of rotatable bonds is 4. The number of alkyl halides is 3. The second kappa shape index (κ2) is 7.85. The van der Waals surface area contributed by atoms with E-state index >= 15 is 0 Å². The lowest BCUT2D eigenvalue weighted by Gasteiger charge is -2.34. The molecule has 8 heteroatoms. The first-order valence-corrected chi connectivity index (χ1v) is 9.59. The van der Waals surface area contributed by atoms with E-state index in [0.717, 1.165) is 15.8 Å². The normalized spacial score (nSPS) is 18.4. The summed E-state index contributed by atoms with van der Waals surface area (Å²) >= 11 is 0. The predicted molar refractivity (Wildman–Crippen MR) is 107 cm³/mol. The molecule has 0 aliphatic carbocycles. The summed E-state index contributed by atoms with van der Waals surface area (Å²) in [6, 6.07) is 16.0. The number of benzene rings is 2. The van der Waals surface area contributed by atoms with Gasteiger partial charge in [-0.1, -0.05) is 60.7 Å². The number of amides is 1. The number of fused-ring (bicyclic) bond motifs is 1. The Kier molecular flexibility index (Phi) is 5.24. The third-order valence-corrected chi connectivity index (χ3v) is 5.28. The Hall–Kier alpha value is -3.29. The fraction of sp³-hybridized carbons (Fsp3) is 0.273. The molecule has 0 saturated heterocycles. The Bertz CT molecular complexity index is 1020. The van der Waals surface area contributed by atoms with Crippen LogP contribution in [0.25, 0.3) is 0 Å². The molecule has 156 valence electrons. The minimum absolute atomic E-state index is 0.0994. The Morgan fingerprint density at radius 2 is 1.77 bits per heavy atom. The van der Waals surface area contributed by atoms with Crippen LogP contribution < -0.4 is 5.32 Å². The van der Waals surface area contributed by atoms with Gasteiger partial charge in [-0.15, -0.1) is 0 Å². The van der Waals surface area contributed by atoms with E-state index < -0.39 is 18.3 Å². The van der Waals surface area contributed by atoms with Crippen LogP contribution in [0.4, 0.5) is 19.0 Å². The third kappa shape index (κ3) is 3.90. The van der Waals surface area contributed by atoms with Gasteiger partial charge >= 0.3 is 6.18 Å². The van der Waals surface area contributed by atoms with Crippen LogP contribution in [0.3, 0.4) is 0 Å². The maximum atomic E-state index is 13.8. The van der Waals surface area contributed by atoms with Crippen molar-refractivity contribution in [2.75, 3.05) is 12.4 Å². The Morgan fingerprint density at radius 3 is 2.40 bits per heavy atom. The van der Waals surface area contributed by atoms with Crippen LogP contribution in [-0.2, 0) is 6.54 Å². The summed E-state index contributed by atoms with van der Waals surface area (Å²) in [7, 11) is 1.62. The lowest BCUT2D eigenvalue weighted by atomic mass is 9.96. The molecular formula is C22H21F3N4O. The number of carbonyl (C=O) groups is 1. The molecule has 0 fully saturated rings. The van der Waals surface area contributed by atoms with Crippen molar-refractivity contribution in [1.29, 1.82) is 0 Å². The molecule has 4 rings (SSSR count). The van der Waals surface area contributed by atoms with Crippen LogP contribution >= 0.6 is 0 Å². The molecule has 0 saturated carbocycles. The number of hydrogen-bond donors (Lipinski definition) is 1. The van der Waals surface area contributed by atoms with Crippen LogP contribution in [0.1, 0.15) is 40.0 Å². The first-order valence-electron chi connectivity index (χ1n) is 9.59. The van der Waals surface area contributed by atoms with Gasteiger partial charge in [0.15, 0.2) is 6.04 Å². The zero-order valence-electron chi connectivity index (χ0n) is 16.3.